The predicted molar refractivity (Wildman–Crippen MR) is 49.8 cm³/mol. The van der Waals surface area contributed by atoms with Crippen LogP contribution >= 0.6 is 0 Å². The molecule has 0 atom stereocenters. The first-order chi connectivity index (χ1) is 7.53. The molecule has 16 heavy (non-hydrogen) atoms. The number of rotatable bonds is 2. The zero-order chi connectivity index (χ0) is 12.7. The Morgan fingerprint density at radius 3 is 1.56 bits per heavy atom. The number of carboxylic acids is 1. The number of hydrogen-bond donors (Lipinski definition) is 1. The lowest BCUT2D eigenvalue weighted by Gasteiger charge is -1.98. The highest BCUT2D eigenvalue weighted by atomic mass is 16.4. The van der Waals surface area contributed by atoms with Crippen molar-refractivity contribution in [1.82, 2.24) is 0 Å². The van der Waals surface area contributed by atoms with E-state index in [1.165, 1.54) is 25.1 Å². The van der Waals surface area contributed by atoms with Crippen molar-refractivity contribution >= 4 is 5.97 Å². The zero-order valence-electron chi connectivity index (χ0n) is 8.14. The van der Waals surface area contributed by atoms with E-state index in [2.05, 4.69) is 0 Å². The monoisotopic (exact) mass is 212 g/mol. The van der Waals surface area contributed by atoms with Crippen molar-refractivity contribution in [3.05, 3.63) is 22.3 Å². The Kier molecular flexibility index (Phi) is 4.52. The SMILES string of the molecule is CC(C#N)=C(C#N)C(C#N)=C(C#N)C(=O)O. The Morgan fingerprint density at radius 2 is 1.31 bits per heavy atom. The molecule has 0 spiro atoms. The van der Waals surface area contributed by atoms with Crippen LogP contribution in [0.25, 0.3) is 0 Å². The number of carbonyl (C=O) groups is 1. The van der Waals surface area contributed by atoms with E-state index in [4.69, 9.17) is 26.2 Å². The second-order valence-corrected chi connectivity index (χ2v) is 2.50. The molecule has 0 fully saturated rings. The zero-order valence-corrected chi connectivity index (χ0v) is 8.14. The van der Waals surface area contributed by atoms with Crippen molar-refractivity contribution in [2.75, 3.05) is 0 Å². The average molecular weight is 212 g/mol. The number of aliphatic carboxylic acids is 1. The summed E-state index contributed by atoms with van der Waals surface area (Å²) in [7, 11) is 0. The molecular formula is C10H4N4O2. The summed E-state index contributed by atoms with van der Waals surface area (Å²) in [6.45, 7) is 1.26. The highest BCUT2D eigenvalue weighted by molar-refractivity contribution is 5.94. The van der Waals surface area contributed by atoms with E-state index in [9.17, 15) is 4.79 Å². The number of nitriles is 4. The highest BCUT2D eigenvalue weighted by Crippen LogP contribution is 2.17. The average Bonchev–Trinajstić information content (AvgIpc) is 2.27. The molecule has 0 aromatic heterocycles. The van der Waals surface area contributed by atoms with Crippen LogP contribution in [0.4, 0.5) is 0 Å². The summed E-state index contributed by atoms with van der Waals surface area (Å²) in [6.07, 6.45) is 0. The lowest BCUT2D eigenvalue weighted by atomic mass is 9.99. The largest absolute Gasteiger partial charge is 0.477 e. The topological polar surface area (TPSA) is 132 Å². The standard InChI is InChI=1S/C10H4N4O2/c1-6(2-11)7(3-12)8(4-13)9(5-14)10(15)16/h1H3,(H,15,16). The summed E-state index contributed by atoms with van der Waals surface area (Å²) >= 11 is 0. The van der Waals surface area contributed by atoms with Crippen LogP contribution in [0.3, 0.4) is 0 Å². The van der Waals surface area contributed by atoms with Crippen LogP contribution in [0.2, 0.25) is 0 Å². The molecule has 0 amide bonds. The smallest absolute Gasteiger partial charge is 0.347 e. The molecule has 0 aromatic rings. The Morgan fingerprint density at radius 1 is 0.875 bits per heavy atom. The van der Waals surface area contributed by atoms with Crippen molar-refractivity contribution < 1.29 is 9.90 Å². The number of hydrogen-bond acceptors (Lipinski definition) is 5. The first kappa shape index (κ1) is 12.9. The summed E-state index contributed by atoms with van der Waals surface area (Å²) in [4.78, 5) is 10.6. The maximum Gasteiger partial charge on any atom is 0.347 e. The first-order valence-corrected chi connectivity index (χ1v) is 3.82. The van der Waals surface area contributed by atoms with Crippen LogP contribution in [0.15, 0.2) is 22.3 Å². The molecule has 6 heteroatoms. The first-order valence-electron chi connectivity index (χ1n) is 3.82. The molecule has 0 radical (unpaired) electrons. The maximum absolute atomic E-state index is 10.6. The van der Waals surface area contributed by atoms with Gasteiger partial charge in [-0.2, -0.15) is 21.0 Å². The molecule has 6 nitrogen and oxygen atoms in total. The fourth-order valence-electron chi connectivity index (χ4n) is 0.831. The summed E-state index contributed by atoms with van der Waals surface area (Å²) in [5.41, 5.74) is -1.97. The minimum absolute atomic E-state index is 0.118. The number of nitrogens with zero attached hydrogens (tertiary/aromatic N) is 4. The normalized spacial score (nSPS) is 11.8. The summed E-state index contributed by atoms with van der Waals surface area (Å²) in [6, 6.07) is 5.91. The summed E-state index contributed by atoms with van der Waals surface area (Å²) in [5.74, 6) is -1.61. The van der Waals surface area contributed by atoms with Gasteiger partial charge in [-0.25, -0.2) is 4.79 Å². The number of allylic oxidation sites excluding steroid dienone is 3. The second-order valence-electron chi connectivity index (χ2n) is 2.50. The van der Waals surface area contributed by atoms with E-state index < -0.39 is 22.7 Å². The molecule has 0 aliphatic carbocycles. The van der Waals surface area contributed by atoms with Crippen LogP contribution < -0.4 is 0 Å². The Hall–Kier alpha value is -3.09. The van der Waals surface area contributed by atoms with Gasteiger partial charge in [0.25, 0.3) is 0 Å². The lowest BCUT2D eigenvalue weighted by molar-refractivity contribution is -0.132. The van der Waals surface area contributed by atoms with Gasteiger partial charge in [-0.15, -0.1) is 0 Å². The minimum Gasteiger partial charge on any atom is -0.477 e. The fourth-order valence-corrected chi connectivity index (χ4v) is 0.831. The summed E-state index contributed by atoms with van der Waals surface area (Å²) in [5, 5.41) is 43.1. The van der Waals surface area contributed by atoms with Gasteiger partial charge in [0.05, 0.1) is 17.2 Å². The molecule has 0 unspecified atom stereocenters. The molecular weight excluding hydrogens is 208 g/mol. The van der Waals surface area contributed by atoms with Crippen molar-refractivity contribution in [2.45, 2.75) is 6.92 Å². The van der Waals surface area contributed by atoms with Crippen LogP contribution in [-0.2, 0) is 4.79 Å². The van der Waals surface area contributed by atoms with E-state index in [-0.39, 0.29) is 5.57 Å². The van der Waals surface area contributed by atoms with E-state index >= 15 is 0 Å². The Balaban J connectivity index is 6.19. The van der Waals surface area contributed by atoms with Crippen LogP contribution in [0.5, 0.6) is 0 Å². The van der Waals surface area contributed by atoms with E-state index in [1.54, 1.807) is 6.07 Å². The van der Waals surface area contributed by atoms with Crippen LogP contribution in [0, 0.1) is 45.3 Å². The van der Waals surface area contributed by atoms with Gasteiger partial charge in [0.1, 0.15) is 18.2 Å². The van der Waals surface area contributed by atoms with Crippen molar-refractivity contribution in [2.24, 2.45) is 0 Å². The molecule has 0 saturated heterocycles. The number of carboxylic acid groups (broad SMARTS) is 1. The van der Waals surface area contributed by atoms with E-state index in [1.807, 2.05) is 0 Å². The predicted octanol–water partition coefficient (Wildman–Crippen LogP) is 0.778. The molecule has 0 bridgehead atoms. The molecule has 1 N–H and O–H groups in total. The molecule has 0 heterocycles. The second kappa shape index (κ2) is 5.60. The minimum atomic E-state index is -1.61. The van der Waals surface area contributed by atoms with Gasteiger partial charge < -0.3 is 5.11 Å². The lowest BCUT2D eigenvalue weighted by Crippen LogP contribution is -2.04. The fraction of sp³-hybridized carbons (Fsp3) is 0.100. The van der Waals surface area contributed by atoms with Crippen molar-refractivity contribution in [1.29, 1.82) is 21.0 Å². The third kappa shape index (κ3) is 2.45. The molecule has 0 saturated carbocycles. The molecule has 0 aliphatic rings. The molecule has 0 aliphatic heterocycles. The third-order valence-corrected chi connectivity index (χ3v) is 1.59. The van der Waals surface area contributed by atoms with Gasteiger partial charge >= 0.3 is 5.97 Å². The van der Waals surface area contributed by atoms with Crippen molar-refractivity contribution in [3.8, 4) is 24.3 Å². The van der Waals surface area contributed by atoms with Crippen LogP contribution in [0.1, 0.15) is 6.92 Å². The Bertz CT molecular complexity index is 556. The van der Waals surface area contributed by atoms with Gasteiger partial charge in [0.2, 0.25) is 0 Å². The van der Waals surface area contributed by atoms with Gasteiger partial charge in [-0.1, -0.05) is 0 Å². The quantitative estimate of drug-likeness (QED) is 0.408. The van der Waals surface area contributed by atoms with E-state index in [0.29, 0.717) is 0 Å². The van der Waals surface area contributed by atoms with E-state index in [0.717, 1.165) is 0 Å². The van der Waals surface area contributed by atoms with Gasteiger partial charge in [-0.3, -0.25) is 0 Å². The molecule has 0 aromatic carbocycles. The van der Waals surface area contributed by atoms with Gasteiger partial charge in [0, 0.05) is 5.57 Å². The van der Waals surface area contributed by atoms with Gasteiger partial charge in [-0.05, 0) is 6.92 Å². The van der Waals surface area contributed by atoms with Gasteiger partial charge in [0.15, 0.2) is 5.57 Å². The molecule has 76 valence electrons. The summed E-state index contributed by atoms with van der Waals surface area (Å²) < 4.78 is 0. The van der Waals surface area contributed by atoms with Crippen LogP contribution in [-0.4, -0.2) is 11.1 Å². The Labute approximate surface area is 91.2 Å². The highest BCUT2D eigenvalue weighted by Gasteiger charge is 2.19. The third-order valence-electron chi connectivity index (χ3n) is 1.59. The maximum atomic E-state index is 10.6. The molecule has 0 rings (SSSR count). The van der Waals surface area contributed by atoms with Crippen molar-refractivity contribution in [3.63, 3.8) is 0 Å².